The molecule has 0 aliphatic carbocycles. The minimum Gasteiger partial charge on any atom is -0.507 e. The molecule has 1 saturated heterocycles. The van der Waals surface area contributed by atoms with Crippen LogP contribution in [0.4, 0.5) is 5.69 Å². The van der Waals surface area contributed by atoms with E-state index >= 15 is 0 Å². The van der Waals surface area contributed by atoms with E-state index in [1.807, 2.05) is 67.6 Å². The molecule has 0 radical (unpaired) electrons. The Bertz CT molecular complexity index is 1350. The van der Waals surface area contributed by atoms with Crippen LogP contribution >= 0.6 is 0 Å². The highest BCUT2D eigenvalue weighted by atomic mass is 16.3. The number of nitrogens with zero attached hydrogens (tertiary/aromatic N) is 1. The minimum atomic E-state index is -0.857. The maximum atomic E-state index is 13.1. The molecule has 1 amide bonds. The first kappa shape index (κ1) is 19.8. The Hall–Kier alpha value is -4.12. The summed E-state index contributed by atoms with van der Waals surface area (Å²) in [5.41, 5.74) is 2.18. The molecule has 1 aromatic heterocycles. The average molecular weight is 423 g/mol. The lowest BCUT2D eigenvalue weighted by molar-refractivity contribution is -0.132. The zero-order valence-electron chi connectivity index (χ0n) is 17.5. The molecule has 5 rings (SSSR count). The van der Waals surface area contributed by atoms with Crippen molar-refractivity contribution in [2.75, 3.05) is 4.90 Å². The monoisotopic (exact) mass is 423 g/mol. The minimum absolute atomic E-state index is 0.0137. The van der Waals surface area contributed by atoms with E-state index in [2.05, 4.69) is 0 Å². The highest BCUT2D eigenvalue weighted by molar-refractivity contribution is 6.51. The van der Waals surface area contributed by atoms with Crippen molar-refractivity contribution in [3.05, 3.63) is 108 Å². The van der Waals surface area contributed by atoms with Gasteiger partial charge in [-0.1, -0.05) is 55.5 Å². The summed E-state index contributed by atoms with van der Waals surface area (Å²) in [5.74, 6) is -1.25. The third-order valence-corrected chi connectivity index (χ3v) is 5.90. The van der Waals surface area contributed by atoms with E-state index in [-0.39, 0.29) is 11.3 Å². The molecule has 5 heteroatoms. The number of fused-ring (bicyclic) bond motifs is 1. The number of anilines is 1. The van der Waals surface area contributed by atoms with Gasteiger partial charge < -0.3 is 9.52 Å². The first-order valence-electron chi connectivity index (χ1n) is 10.5. The van der Waals surface area contributed by atoms with Gasteiger partial charge >= 0.3 is 0 Å². The van der Waals surface area contributed by atoms with Crippen molar-refractivity contribution in [1.82, 2.24) is 0 Å². The summed E-state index contributed by atoms with van der Waals surface area (Å²) in [4.78, 5) is 27.7. The van der Waals surface area contributed by atoms with E-state index in [1.165, 1.54) is 11.2 Å². The molecule has 1 unspecified atom stereocenters. The van der Waals surface area contributed by atoms with Crippen LogP contribution < -0.4 is 4.90 Å². The predicted molar refractivity (Wildman–Crippen MR) is 123 cm³/mol. The second-order valence-corrected chi connectivity index (χ2v) is 7.77. The van der Waals surface area contributed by atoms with Gasteiger partial charge in [-0.15, -0.1) is 0 Å². The van der Waals surface area contributed by atoms with Crippen LogP contribution in [0, 0.1) is 0 Å². The average Bonchev–Trinajstić information content (AvgIpc) is 3.45. The van der Waals surface area contributed by atoms with E-state index in [9.17, 15) is 14.7 Å². The number of carbonyl (C=O) groups is 2. The van der Waals surface area contributed by atoms with E-state index < -0.39 is 17.7 Å². The molecule has 1 aliphatic heterocycles. The molecule has 1 atom stereocenters. The summed E-state index contributed by atoms with van der Waals surface area (Å²) >= 11 is 0. The first-order chi connectivity index (χ1) is 15.6. The summed E-state index contributed by atoms with van der Waals surface area (Å²) in [6, 6.07) is 23.2. The lowest BCUT2D eigenvalue weighted by atomic mass is 9.97. The maximum absolute atomic E-state index is 13.1. The molecule has 0 bridgehead atoms. The molecule has 0 spiro atoms. The van der Waals surface area contributed by atoms with Crippen molar-refractivity contribution >= 4 is 33.9 Å². The maximum Gasteiger partial charge on any atom is 0.300 e. The van der Waals surface area contributed by atoms with Gasteiger partial charge in [-0.25, -0.2) is 0 Å². The Morgan fingerprint density at radius 3 is 2.38 bits per heavy atom. The van der Waals surface area contributed by atoms with Crippen molar-refractivity contribution < 1.29 is 19.1 Å². The zero-order valence-corrected chi connectivity index (χ0v) is 17.5. The van der Waals surface area contributed by atoms with Gasteiger partial charge in [-0.2, -0.15) is 0 Å². The van der Waals surface area contributed by atoms with Crippen molar-refractivity contribution in [2.45, 2.75) is 19.4 Å². The number of aliphatic hydroxyl groups is 1. The fourth-order valence-corrected chi connectivity index (χ4v) is 4.20. The normalized spacial score (nSPS) is 17.9. The summed E-state index contributed by atoms with van der Waals surface area (Å²) in [5, 5.41) is 13.2. The van der Waals surface area contributed by atoms with Crippen molar-refractivity contribution in [1.29, 1.82) is 0 Å². The van der Waals surface area contributed by atoms with E-state index in [4.69, 9.17) is 4.42 Å². The fraction of sp³-hybridized carbons (Fsp3) is 0.111. The van der Waals surface area contributed by atoms with Gasteiger partial charge in [0, 0.05) is 11.3 Å². The predicted octanol–water partition coefficient (Wildman–Crippen LogP) is 5.62. The largest absolute Gasteiger partial charge is 0.507 e. The number of Topliss-reactive ketones (excluding diaryl/α,β-unsaturated/α-hetero) is 1. The molecule has 32 heavy (non-hydrogen) atoms. The van der Waals surface area contributed by atoms with Crippen molar-refractivity contribution in [3.63, 3.8) is 0 Å². The second kappa shape index (κ2) is 7.85. The van der Waals surface area contributed by atoms with Crippen LogP contribution in [0.2, 0.25) is 0 Å². The van der Waals surface area contributed by atoms with Gasteiger partial charge in [-0.05, 0) is 53.1 Å². The first-order valence-corrected chi connectivity index (χ1v) is 10.5. The Balaban J connectivity index is 1.68. The van der Waals surface area contributed by atoms with Crippen LogP contribution in [0.5, 0.6) is 0 Å². The molecular formula is C27H21NO4. The molecule has 1 N–H and O–H groups in total. The van der Waals surface area contributed by atoms with Gasteiger partial charge in [0.15, 0.2) is 0 Å². The lowest BCUT2D eigenvalue weighted by Gasteiger charge is -2.23. The lowest BCUT2D eigenvalue weighted by Crippen LogP contribution is -2.29. The molecule has 4 aromatic rings. The van der Waals surface area contributed by atoms with Crippen LogP contribution in [-0.2, 0) is 16.0 Å². The summed E-state index contributed by atoms with van der Waals surface area (Å²) in [7, 11) is 0. The smallest absolute Gasteiger partial charge is 0.300 e. The summed E-state index contributed by atoms with van der Waals surface area (Å²) in [6.45, 7) is 2.05. The topological polar surface area (TPSA) is 70.8 Å². The molecule has 2 heterocycles. The quantitative estimate of drug-likeness (QED) is 0.263. The Labute approximate surface area is 185 Å². The van der Waals surface area contributed by atoms with Crippen LogP contribution in [0.3, 0.4) is 0 Å². The van der Waals surface area contributed by atoms with Crippen LogP contribution in [-0.4, -0.2) is 16.8 Å². The number of rotatable bonds is 4. The summed E-state index contributed by atoms with van der Waals surface area (Å²) in [6.07, 6.45) is 2.36. The molecule has 0 saturated carbocycles. The molecule has 5 nitrogen and oxygen atoms in total. The highest BCUT2D eigenvalue weighted by Gasteiger charge is 2.48. The summed E-state index contributed by atoms with van der Waals surface area (Å²) < 4.78 is 5.61. The number of aliphatic hydroxyl groups excluding tert-OH is 1. The van der Waals surface area contributed by atoms with Crippen LogP contribution in [0.25, 0.3) is 16.5 Å². The molecule has 1 fully saturated rings. The van der Waals surface area contributed by atoms with Crippen LogP contribution in [0.1, 0.15) is 29.9 Å². The van der Waals surface area contributed by atoms with Gasteiger partial charge in [0.1, 0.15) is 17.6 Å². The third kappa shape index (κ3) is 3.19. The van der Waals surface area contributed by atoms with Gasteiger partial charge in [0.05, 0.1) is 11.8 Å². The van der Waals surface area contributed by atoms with Gasteiger partial charge in [-0.3, -0.25) is 14.5 Å². The standard InChI is InChI=1S/C27H21NO4/c1-2-17-9-13-21(14-10-17)28-24(22-8-5-15-32-22)23(26(30)27(28)31)25(29)20-12-11-18-6-3-4-7-19(18)16-20/h3-16,24,29H,2H2,1H3/b25-23-. The molecular weight excluding hydrogens is 402 g/mol. The van der Waals surface area contributed by atoms with E-state index in [1.54, 1.807) is 18.2 Å². The van der Waals surface area contributed by atoms with E-state index in [0.717, 1.165) is 22.8 Å². The third-order valence-electron chi connectivity index (χ3n) is 5.90. The SMILES string of the molecule is CCc1ccc(N2C(=O)C(=O)/C(=C(\O)c3ccc4ccccc4c3)C2c2ccco2)cc1. The van der Waals surface area contributed by atoms with Crippen LogP contribution in [0.15, 0.2) is 95.1 Å². The number of ketones is 1. The molecule has 3 aromatic carbocycles. The number of furan rings is 1. The van der Waals surface area contributed by atoms with Crippen molar-refractivity contribution in [2.24, 2.45) is 0 Å². The number of amides is 1. The Kier molecular flexibility index (Phi) is 4.86. The number of carbonyl (C=O) groups excluding carboxylic acids is 2. The highest BCUT2D eigenvalue weighted by Crippen LogP contribution is 2.42. The molecule has 1 aliphatic rings. The van der Waals surface area contributed by atoms with E-state index in [0.29, 0.717) is 17.0 Å². The van der Waals surface area contributed by atoms with Gasteiger partial charge in [0.2, 0.25) is 0 Å². The zero-order chi connectivity index (χ0) is 22.2. The fourth-order valence-electron chi connectivity index (χ4n) is 4.20. The van der Waals surface area contributed by atoms with Gasteiger partial charge in [0.25, 0.3) is 11.7 Å². The number of benzene rings is 3. The number of aryl methyl sites for hydroxylation is 1. The Morgan fingerprint density at radius 1 is 0.938 bits per heavy atom. The Morgan fingerprint density at radius 2 is 1.69 bits per heavy atom. The second-order valence-electron chi connectivity index (χ2n) is 7.77. The molecule has 158 valence electrons. The van der Waals surface area contributed by atoms with Crippen molar-refractivity contribution in [3.8, 4) is 0 Å². The number of hydrogen-bond donors (Lipinski definition) is 1. The number of hydrogen-bond acceptors (Lipinski definition) is 4.